The van der Waals surface area contributed by atoms with E-state index in [0.717, 1.165) is 5.75 Å². The second kappa shape index (κ2) is 9.87. The molecule has 1 aliphatic carbocycles. The van der Waals surface area contributed by atoms with Gasteiger partial charge in [0.15, 0.2) is 11.6 Å². The van der Waals surface area contributed by atoms with Gasteiger partial charge in [0.2, 0.25) is 0 Å². The number of thioether (sulfide) groups is 1. The van der Waals surface area contributed by atoms with Crippen LogP contribution in [0.5, 0.6) is 0 Å². The van der Waals surface area contributed by atoms with Crippen molar-refractivity contribution in [1.82, 2.24) is 0 Å². The average Bonchev–Trinajstić information content (AvgIpc) is 2.47. The van der Waals surface area contributed by atoms with Crippen LogP contribution in [-0.4, -0.2) is 40.3 Å². The molecule has 0 aliphatic heterocycles. The molecular formula is C18H28O5S. The predicted octanol–water partition coefficient (Wildman–Crippen LogP) is 3.47. The average molecular weight is 356 g/mol. The molecule has 0 aromatic rings. The molecule has 0 saturated carbocycles. The molecule has 0 aromatic heterocycles. The molecule has 0 radical (unpaired) electrons. The van der Waals surface area contributed by atoms with Crippen molar-refractivity contribution in [2.45, 2.75) is 58.6 Å². The molecule has 5 nitrogen and oxygen atoms in total. The summed E-state index contributed by atoms with van der Waals surface area (Å²) in [5, 5.41) is 10.8. The van der Waals surface area contributed by atoms with E-state index in [9.17, 15) is 19.5 Å². The van der Waals surface area contributed by atoms with Crippen LogP contribution in [-0.2, 0) is 19.1 Å². The van der Waals surface area contributed by atoms with Crippen molar-refractivity contribution in [3.8, 4) is 0 Å². The van der Waals surface area contributed by atoms with E-state index >= 15 is 0 Å². The van der Waals surface area contributed by atoms with Crippen LogP contribution in [0, 0.1) is 11.8 Å². The van der Waals surface area contributed by atoms with Crippen LogP contribution in [0.1, 0.15) is 53.4 Å². The number of carbonyl (C=O) groups is 3. The Bertz CT molecular complexity index is 512. The van der Waals surface area contributed by atoms with Gasteiger partial charge in [-0.15, -0.1) is 0 Å². The van der Waals surface area contributed by atoms with E-state index in [1.807, 2.05) is 13.8 Å². The maximum Gasteiger partial charge on any atom is 0.316 e. The van der Waals surface area contributed by atoms with Crippen molar-refractivity contribution >= 4 is 29.3 Å². The Balaban J connectivity index is 3.17. The molecule has 24 heavy (non-hydrogen) atoms. The number of ether oxygens (including phenoxy) is 1. The minimum atomic E-state index is -0.918. The van der Waals surface area contributed by atoms with E-state index in [1.54, 1.807) is 18.7 Å². The summed E-state index contributed by atoms with van der Waals surface area (Å²) in [4.78, 5) is 36.9. The first-order chi connectivity index (χ1) is 11.4. The molecule has 0 heterocycles. The molecular weight excluding hydrogens is 328 g/mol. The smallest absolute Gasteiger partial charge is 0.316 e. The summed E-state index contributed by atoms with van der Waals surface area (Å²) in [6.07, 6.45) is 1.49. The van der Waals surface area contributed by atoms with Gasteiger partial charge in [-0.1, -0.05) is 20.8 Å². The highest BCUT2D eigenvalue weighted by molar-refractivity contribution is 7.99. The van der Waals surface area contributed by atoms with Gasteiger partial charge in [0.1, 0.15) is 11.7 Å². The number of carbonyl (C=O) groups excluding carboxylic acids is 3. The van der Waals surface area contributed by atoms with Gasteiger partial charge in [-0.25, -0.2) is 0 Å². The molecule has 1 aliphatic rings. The number of esters is 1. The molecule has 0 fully saturated rings. The molecule has 136 valence electrons. The molecule has 3 atom stereocenters. The fourth-order valence-corrected chi connectivity index (χ4v) is 4.12. The number of hydrogen-bond donors (Lipinski definition) is 1. The molecule has 0 bridgehead atoms. The van der Waals surface area contributed by atoms with Gasteiger partial charge in [0.05, 0.1) is 12.2 Å². The monoisotopic (exact) mass is 356 g/mol. The number of allylic oxidation sites excluding steroid dienone is 1. The van der Waals surface area contributed by atoms with Crippen LogP contribution in [0.15, 0.2) is 11.3 Å². The van der Waals surface area contributed by atoms with Gasteiger partial charge in [0.25, 0.3) is 0 Å². The normalized spacial score (nSPS) is 22.4. The second-order valence-corrected chi connectivity index (χ2v) is 7.77. The summed E-state index contributed by atoms with van der Waals surface area (Å²) >= 11 is 1.74. The maximum absolute atomic E-state index is 12.4. The lowest BCUT2D eigenvalue weighted by atomic mass is 9.75. The van der Waals surface area contributed by atoms with Crippen LogP contribution in [0.4, 0.5) is 0 Å². The quantitative estimate of drug-likeness (QED) is 0.503. The number of aliphatic hydroxyl groups excluding tert-OH is 1. The van der Waals surface area contributed by atoms with Gasteiger partial charge in [-0.2, -0.15) is 11.8 Å². The zero-order valence-corrected chi connectivity index (χ0v) is 15.8. The van der Waals surface area contributed by atoms with Crippen molar-refractivity contribution in [2.75, 3.05) is 12.4 Å². The minimum absolute atomic E-state index is 0.104. The minimum Gasteiger partial charge on any atom is -0.510 e. The zero-order valence-electron chi connectivity index (χ0n) is 15.0. The summed E-state index contributed by atoms with van der Waals surface area (Å²) in [5.41, 5.74) is -0.193. The first-order valence-corrected chi connectivity index (χ1v) is 9.69. The first-order valence-electron chi connectivity index (χ1n) is 8.64. The second-order valence-electron chi connectivity index (χ2n) is 6.05. The molecule has 0 amide bonds. The van der Waals surface area contributed by atoms with E-state index in [0.29, 0.717) is 12.8 Å². The molecule has 0 spiro atoms. The lowest BCUT2D eigenvalue weighted by Gasteiger charge is -2.31. The highest BCUT2D eigenvalue weighted by Crippen LogP contribution is 2.38. The summed E-state index contributed by atoms with van der Waals surface area (Å²) in [6.45, 7) is 7.81. The SMILES string of the molecule is CCCC(=O)C1=C(O)[C@@H](C(=O)OCC)[C@@H](C[C@@H](C)SCC)CC1=O. The standard InChI is InChI=1S/C18H28O5S/c1-5-8-13(19)16-14(20)10-12(9-11(4)24-7-3)15(17(16)21)18(22)23-6-2/h11-12,15,21H,5-10H2,1-4H3/t11-,12+,15+/m1/s1. The van der Waals surface area contributed by atoms with Gasteiger partial charge in [-0.05, 0) is 31.4 Å². The van der Waals surface area contributed by atoms with Gasteiger partial charge < -0.3 is 9.84 Å². The zero-order chi connectivity index (χ0) is 18.3. The predicted molar refractivity (Wildman–Crippen MR) is 95.0 cm³/mol. The third-order valence-electron chi connectivity index (χ3n) is 4.13. The van der Waals surface area contributed by atoms with Crippen molar-refractivity contribution < 1.29 is 24.2 Å². The summed E-state index contributed by atoms with van der Waals surface area (Å²) < 4.78 is 5.08. The van der Waals surface area contributed by atoms with E-state index in [4.69, 9.17) is 4.74 Å². The molecule has 0 aromatic carbocycles. The van der Waals surface area contributed by atoms with E-state index in [-0.39, 0.29) is 53.5 Å². The Morgan fingerprint density at radius 1 is 1.33 bits per heavy atom. The molecule has 0 saturated heterocycles. The topological polar surface area (TPSA) is 80.7 Å². The largest absolute Gasteiger partial charge is 0.510 e. The third-order valence-corrected chi connectivity index (χ3v) is 5.23. The molecule has 6 heteroatoms. The third kappa shape index (κ3) is 5.10. The number of Topliss-reactive ketones (excluding diaryl/α,β-unsaturated/α-hetero) is 2. The van der Waals surface area contributed by atoms with E-state index in [2.05, 4.69) is 6.92 Å². The van der Waals surface area contributed by atoms with Crippen molar-refractivity contribution in [3.63, 3.8) is 0 Å². The molecule has 1 rings (SSSR count). The summed E-state index contributed by atoms with van der Waals surface area (Å²) in [5.74, 6) is -1.99. The van der Waals surface area contributed by atoms with Crippen LogP contribution in [0.3, 0.4) is 0 Å². The fourth-order valence-electron chi connectivity index (χ4n) is 3.16. The number of hydrogen-bond acceptors (Lipinski definition) is 6. The van der Waals surface area contributed by atoms with Crippen LogP contribution in [0.2, 0.25) is 0 Å². The number of ketones is 2. The van der Waals surface area contributed by atoms with Crippen LogP contribution < -0.4 is 0 Å². The van der Waals surface area contributed by atoms with Gasteiger partial charge in [-0.3, -0.25) is 14.4 Å². The Morgan fingerprint density at radius 2 is 2.00 bits per heavy atom. The maximum atomic E-state index is 12.4. The van der Waals surface area contributed by atoms with Gasteiger partial charge in [0, 0.05) is 18.1 Å². The highest BCUT2D eigenvalue weighted by atomic mass is 32.2. The number of rotatable bonds is 9. The Kier molecular flexibility index (Phi) is 8.53. The van der Waals surface area contributed by atoms with Crippen LogP contribution >= 0.6 is 11.8 Å². The Hall–Kier alpha value is -1.30. The summed E-state index contributed by atoms with van der Waals surface area (Å²) in [6, 6.07) is 0. The summed E-state index contributed by atoms with van der Waals surface area (Å²) in [7, 11) is 0. The Labute approximate surface area is 148 Å². The highest BCUT2D eigenvalue weighted by Gasteiger charge is 2.43. The lowest BCUT2D eigenvalue weighted by Crippen LogP contribution is -2.38. The number of aliphatic hydroxyl groups is 1. The Morgan fingerprint density at radius 3 is 2.54 bits per heavy atom. The van der Waals surface area contributed by atoms with E-state index in [1.165, 1.54) is 0 Å². The van der Waals surface area contributed by atoms with Crippen molar-refractivity contribution in [1.29, 1.82) is 0 Å². The van der Waals surface area contributed by atoms with E-state index < -0.39 is 11.9 Å². The first kappa shape index (κ1) is 20.7. The van der Waals surface area contributed by atoms with Crippen molar-refractivity contribution in [2.24, 2.45) is 11.8 Å². The molecule has 1 N–H and O–H groups in total. The van der Waals surface area contributed by atoms with Crippen molar-refractivity contribution in [3.05, 3.63) is 11.3 Å². The van der Waals surface area contributed by atoms with Crippen LogP contribution in [0.25, 0.3) is 0 Å². The fraction of sp³-hybridized carbons (Fsp3) is 0.722. The molecule has 0 unspecified atom stereocenters. The lowest BCUT2D eigenvalue weighted by molar-refractivity contribution is -0.150. The van der Waals surface area contributed by atoms with Gasteiger partial charge >= 0.3 is 5.97 Å².